The number of sulfonamides is 1. The second-order valence-electron chi connectivity index (χ2n) is 7.56. The Kier molecular flexibility index (Phi) is 7.54. The first-order chi connectivity index (χ1) is 13.9. The highest BCUT2D eigenvalue weighted by atomic mass is 35.5. The third-order valence-corrected chi connectivity index (χ3v) is 7.85. The van der Waals surface area contributed by atoms with Crippen LogP contribution in [0.1, 0.15) is 55.3 Å². The fourth-order valence-electron chi connectivity index (χ4n) is 3.77. The van der Waals surface area contributed by atoms with Gasteiger partial charge in [0.05, 0.1) is 5.02 Å². The quantitative estimate of drug-likeness (QED) is 0.735. The Labute approximate surface area is 177 Å². The van der Waals surface area contributed by atoms with Crippen LogP contribution < -0.4 is 5.32 Å². The van der Waals surface area contributed by atoms with E-state index < -0.39 is 10.0 Å². The normalized spacial score (nSPS) is 19.1. The number of hydrogen-bond donors (Lipinski definition) is 1. The predicted octanol–water partition coefficient (Wildman–Crippen LogP) is 2.65. The van der Waals surface area contributed by atoms with Crippen molar-refractivity contribution in [1.29, 1.82) is 0 Å². The van der Waals surface area contributed by atoms with Gasteiger partial charge in [0.15, 0.2) is 0 Å². The van der Waals surface area contributed by atoms with Crippen molar-refractivity contribution < 1.29 is 18.0 Å². The average Bonchev–Trinajstić information content (AvgIpc) is 2.93. The maximum absolute atomic E-state index is 12.9. The van der Waals surface area contributed by atoms with Crippen LogP contribution in [-0.4, -0.2) is 62.2 Å². The number of piperidine rings is 1. The van der Waals surface area contributed by atoms with Crippen LogP contribution in [0.25, 0.3) is 0 Å². The van der Waals surface area contributed by atoms with Crippen molar-refractivity contribution in [2.24, 2.45) is 0 Å². The summed E-state index contributed by atoms with van der Waals surface area (Å²) in [6.45, 7) is 2.43. The topological polar surface area (TPSA) is 86.8 Å². The summed E-state index contributed by atoms with van der Waals surface area (Å²) >= 11 is 6.16. The Bertz CT molecular complexity index is 853. The standard InChI is InChI=1S/C20H28ClN3O4S/c21-17-9-8-16(15-18(17)29(27,28)24-12-5-2-6-13-24)20(26)22-10-14-23-11-4-1-3-7-19(23)25/h8-9,15H,1-7,10-14H2,(H,22,26). The van der Waals surface area contributed by atoms with Gasteiger partial charge >= 0.3 is 0 Å². The molecule has 2 aliphatic heterocycles. The molecule has 0 aliphatic carbocycles. The molecule has 2 saturated heterocycles. The summed E-state index contributed by atoms with van der Waals surface area (Å²) < 4.78 is 27.3. The molecule has 29 heavy (non-hydrogen) atoms. The van der Waals surface area contributed by atoms with Gasteiger partial charge in [-0.05, 0) is 43.9 Å². The molecule has 0 spiro atoms. The number of nitrogens with one attached hydrogen (secondary N) is 1. The SMILES string of the molecule is O=C(NCCN1CCCCCC1=O)c1ccc(Cl)c(S(=O)(=O)N2CCCCC2)c1. The average molecular weight is 442 g/mol. The number of likely N-dealkylation sites (tertiary alicyclic amines) is 1. The van der Waals surface area contributed by atoms with Gasteiger partial charge in [0.1, 0.15) is 4.90 Å². The van der Waals surface area contributed by atoms with Gasteiger partial charge in [-0.2, -0.15) is 4.31 Å². The lowest BCUT2D eigenvalue weighted by atomic mass is 10.2. The van der Waals surface area contributed by atoms with E-state index in [1.807, 2.05) is 0 Å². The summed E-state index contributed by atoms with van der Waals surface area (Å²) in [4.78, 5) is 26.3. The molecule has 9 heteroatoms. The molecule has 0 atom stereocenters. The van der Waals surface area contributed by atoms with E-state index in [0.717, 1.165) is 38.5 Å². The lowest BCUT2D eigenvalue weighted by Gasteiger charge is -2.26. The Hall–Kier alpha value is -1.64. The molecule has 2 amide bonds. The molecule has 0 radical (unpaired) electrons. The zero-order chi connectivity index (χ0) is 20.9. The molecule has 2 heterocycles. The molecule has 0 aromatic heterocycles. The molecule has 0 saturated carbocycles. The molecule has 2 fully saturated rings. The first kappa shape index (κ1) is 22.1. The maximum Gasteiger partial charge on any atom is 0.251 e. The minimum absolute atomic E-state index is 0.0311. The number of halogens is 1. The minimum Gasteiger partial charge on any atom is -0.350 e. The number of benzene rings is 1. The Balaban J connectivity index is 1.65. The van der Waals surface area contributed by atoms with Gasteiger partial charge in [0, 0.05) is 44.7 Å². The molecule has 0 unspecified atom stereocenters. The molecular formula is C20H28ClN3O4S. The fourth-order valence-corrected chi connectivity index (χ4v) is 5.79. The van der Waals surface area contributed by atoms with Crippen LogP contribution in [0.15, 0.2) is 23.1 Å². The zero-order valence-electron chi connectivity index (χ0n) is 16.5. The summed E-state index contributed by atoms with van der Waals surface area (Å²) in [5.41, 5.74) is 0.243. The van der Waals surface area contributed by atoms with Crippen LogP contribution in [0.3, 0.4) is 0 Å². The second kappa shape index (κ2) is 9.91. The summed E-state index contributed by atoms with van der Waals surface area (Å²) in [6.07, 6.45) is 6.17. The van der Waals surface area contributed by atoms with Crippen molar-refractivity contribution in [2.75, 3.05) is 32.7 Å². The third-order valence-electron chi connectivity index (χ3n) is 5.46. The molecule has 3 rings (SSSR count). The smallest absolute Gasteiger partial charge is 0.251 e. The number of carbonyl (C=O) groups excluding carboxylic acids is 2. The largest absolute Gasteiger partial charge is 0.350 e. The van der Waals surface area contributed by atoms with Gasteiger partial charge in [-0.1, -0.05) is 24.4 Å². The van der Waals surface area contributed by atoms with Gasteiger partial charge in [-0.25, -0.2) is 8.42 Å². The van der Waals surface area contributed by atoms with E-state index in [1.165, 1.54) is 22.5 Å². The monoisotopic (exact) mass is 441 g/mol. The highest BCUT2D eigenvalue weighted by Crippen LogP contribution is 2.27. The van der Waals surface area contributed by atoms with E-state index in [0.29, 0.717) is 39.1 Å². The van der Waals surface area contributed by atoms with Crippen molar-refractivity contribution in [3.8, 4) is 0 Å². The number of carbonyl (C=O) groups is 2. The van der Waals surface area contributed by atoms with E-state index in [2.05, 4.69) is 5.32 Å². The van der Waals surface area contributed by atoms with Crippen LogP contribution in [-0.2, 0) is 14.8 Å². The first-order valence-electron chi connectivity index (χ1n) is 10.3. The van der Waals surface area contributed by atoms with Gasteiger partial charge in [0.2, 0.25) is 15.9 Å². The Morgan fingerprint density at radius 3 is 2.48 bits per heavy atom. The van der Waals surface area contributed by atoms with Crippen LogP contribution in [0.5, 0.6) is 0 Å². The first-order valence-corrected chi connectivity index (χ1v) is 12.1. The van der Waals surface area contributed by atoms with Crippen molar-refractivity contribution in [3.05, 3.63) is 28.8 Å². The van der Waals surface area contributed by atoms with Crippen LogP contribution in [0.4, 0.5) is 0 Å². The zero-order valence-corrected chi connectivity index (χ0v) is 18.1. The summed E-state index contributed by atoms with van der Waals surface area (Å²) in [5.74, 6) is -0.253. The number of amides is 2. The second-order valence-corrected chi connectivity index (χ2v) is 9.87. The van der Waals surface area contributed by atoms with E-state index in [4.69, 9.17) is 11.6 Å². The molecular weight excluding hydrogens is 414 g/mol. The van der Waals surface area contributed by atoms with Crippen molar-refractivity contribution in [3.63, 3.8) is 0 Å². The Morgan fingerprint density at radius 1 is 1.03 bits per heavy atom. The minimum atomic E-state index is -3.73. The van der Waals surface area contributed by atoms with Crippen molar-refractivity contribution in [2.45, 2.75) is 49.8 Å². The van der Waals surface area contributed by atoms with Crippen LogP contribution in [0.2, 0.25) is 5.02 Å². The molecule has 1 aromatic rings. The lowest BCUT2D eigenvalue weighted by molar-refractivity contribution is -0.130. The summed E-state index contributed by atoms with van der Waals surface area (Å²) in [5, 5.41) is 2.89. The molecule has 2 aliphatic rings. The molecule has 7 nitrogen and oxygen atoms in total. The predicted molar refractivity (Wildman–Crippen MR) is 111 cm³/mol. The van der Waals surface area contributed by atoms with Gasteiger partial charge in [0.25, 0.3) is 5.91 Å². The Morgan fingerprint density at radius 2 is 1.72 bits per heavy atom. The molecule has 0 bridgehead atoms. The number of nitrogens with zero attached hydrogens (tertiary/aromatic N) is 2. The molecule has 160 valence electrons. The van der Waals surface area contributed by atoms with Crippen LogP contribution >= 0.6 is 11.6 Å². The van der Waals surface area contributed by atoms with E-state index in [1.54, 1.807) is 4.90 Å². The van der Waals surface area contributed by atoms with E-state index in [9.17, 15) is 18.0 Å². The third kappa shape index (κ3) is 5.49. The fraction of sp³-hybridized carbons (Fsp3) is 0.600. The maximum atomic E-state index is 12.9. The van der Waals surface area contributed by atoms with Crippen molar-refractivity contribution >= 4 is 33.4 Å². The highest BCUT2D eigenvalue weighted by molar-refractivity contribution is 7.89. The molecule has 1 N–H and O–H groups in total. The highest BCUT2D eigenvalue weighted by Gasteiger charge is 2.28. The van der Waals surface area contributed by atoms with Gasteiger partial charge in [-0.3, -0.25) is 9.59 Å². The molecule has 1 aromatic carbocycles. The van der Waals surface area contributed by atoms with Crippen LogP contribution in [0, 0.1) is 0 Å². The van der Waals surface area contributed by atoms with Crippen molar-refractivity contribution in [1.82, 2.24) is 14.5 Å². The van der Waals surface area contributed by atoms with E-state index >= 15 is 0 Å². The lowest BCUT2D eigenvalue weighted by Crippen LogP contribution is -2.38. The van der Waals surface area contributed by atoms with Gasteiger partial charge < -0.3 is 10.2 Å². The summed E-state index contributed by atoms with van der Waals surface area (Å²) in [7, 11) is -3.73. The number of hydrogen-bond acceptors (Lipinski definition) is 4. The number of rotatable bonds is 6. The summed E-state index contributed by atoms with van der Waals surface area (Å²) in [6, 6.07) is 4.31. The van der Waals surface area contributed by atoms with E-state index in [-0.39, 0.29) is 27.3 Å². The van der Waals surface area contributed by atoms with Gasteiger partial charge in [-0.15, -0.1) is 0 Å².